The van der Waals surface area contributed by atoms with Gasteiger partial charge in [0, 0.05) is 18.0 Å². The standard InChI is InChI=1S/C12H7IN4O2/c13-8-2-1-7(5-10(8)18)12-16-11(17-19-12)9-6-14-3-4-15-9/h1-6,18H. The molecular formula is C12H7IN4O2. The van der Waals surface area contributed by atoms with Crippen LogP contribution in [0.4, 0.5) is 0 Å². The van der Waals surface area contributed by atoms with E-state index in [1.165, 1.54) is 0 Å². The fourth-order valence-corrected chi connectivity index (χ4v) is 1.84. The largest absolute Gasteiger partial charge is 0.507 e. The fourth-order valence-electron chi connectivity index (χ4n) is 1.51. The van der Waals surface area contributed by atoms with Crippen LogP contribution in [0.1, 0.15) is 0 Å². The third-order valence-corrected chi connectivity index (χ3v) is 3.32. The van der Waals surface area contributed by atoms with Gasteiger partial charge in [-0.15, -0.1) is 0 Å². The number of hydrogen-bond donors (Lipinski definition) is 1. The van der Waals surface area contributed by atoms with Crippen LogP contribution < -0.4 is 0 Å². The minimum absolute atomic E-state index is 0.178. The molecule has 19 heavy (non-hydrogen) atoms. The van der Waals surface area contributed by atoms with E-state index in [4.69, 9.17) is 4.52 Å². The van der Waals surface area contributed by atoms with Crippen LogP contribution >= 0.6 is 22.6 Å². The molecule has 1 N–H and O–H groups in total. The number of benzene rings is 1. The van der Waals surface area contributed by atoms with Crippen molar-refractivity contribution in [3.05, 3.63) is 40.4 Å². The molecular weight excluding hydrogens is 359 g/mol. The summed E-state index contributed by atoms with van der Waals surface area (Å²) in [5.41, 5.74) is 1.19. The Hall–Kier alpha value is -2.03. The lowest BCUT2D eigenvalue weighted by Gasteiger charge is -1.98. The molecule has 0 fully saturated rings. The molecule has 94 valence electrons. The summed E-state index contributed by atoms with van der Waals surface area (Å²) in [5.74, 6) is 0.867. The maximum atomic E-state index is 9.67. The molecule has 0 spiro atoms. The molecule has 0 aliphatic carbocycles. The SMILES string of the molecule is Oc1cc(-c2nc(-c3cnccn3)no2)ccc1I. The molecule has 0 amide bonds. The molecule has 3 aromatic rings. The lowest BCUT2D eigenvalue weighted by Crippen LogP contribution is -1.86. The molecule has 0 atom stereocenters. The second kappa shape index (κ2) is 4.92. The van der Waals surface area contributed by atoms with Gasteiger partial charge in [-0.2, -0.15) is 4.98 Å². The molecule has 6 nitrogen and oxygen atoms in total. The number of hydrogen-bond acceptors (Lipinski definition) is 6. The summed E-state index contributed by atoms with van der Waals surface area (Å²) in [5, 5.41) is 13.5. The van der Waals surface area contributed by atoms with E-state index in [9.17, 15) is 5.11 Å². The molecule has 0 saturated carbocycles. The van der Waals surface area contributed by atoms with Gasteiger partial charge in [0.1, 0.15) is 11.4 Å². The van der Waals surface area contributed by atoms with E-state index in [1.807, 2.05) is 22.6 Å². The van der Waals surface area contributed by atoms with Crippen molar-refractivity contribution in [2.75, 3.05) is 0 Å². The van der Waals surface area contributed by atoms with E-state index in [0.29, 0.717) is 23.0 Å². The van der Waals surface area contributed by atoms with Crippen LogP contribution in [0.5, 0.6) is 5.75 Å². The van der Waals surface area contributed by atoms with Crippen molar-refractivity contribution in [3.63, 3.8) is 0 Å². The van der Waals surface area contributed by atoms with Crippen molar-refractivity contribution in [1.82, 2.24) is 20.1 Å². The normalized spacial score (nSPS) is 10.6. The summed E-state index contributed by atoms with van der Waals surface area (Å²) in [7, 11) is 0. The summed E-state index contributed by atoms with van der Waals surface area (Å²) in [6.45, 7) is 0. The van der Waals surface area contributed by atoms with E-state index in [-0.39, 0.29) is 5.75 Å². The van der Waals surface area contributed by atoms with Gasteiger partial charge in [0.05, 0.1) is 9.77 Å². The summed E-state index contributed by atoms with van der Waals surface area (Å²) in [4.78, 5) is 12.3. The first kappa shape index (κ1) is 12.0. The van der Waals surface area contributed by atoms with Crippen LogP contribution in [0.3, 0.4) is 0 Å². The lowest BCUT2D eigenvalue weighted by atomic mass is 10.2. The van der Waals surface area contributed by atoms with Gasteiger partial charge in [-0.3, -0.25) is 4.98 Å². The van der Waals surface area contributed by atoms with E-state index in [0.717, 1.165) is 3.57 Å². The van der Waals surface area contributed by atoms with E-state index in [1.54, 1.807) is 36.8 Å². The highest BCUT2D eigenvalue weighted by Crippen LogP contribution is 2.27. The van der Waals surface area contributed by atoms with Gasteiger partial charge in [0.25, 0.3) is 5.89 Å². The average Bonchev–Trinajstić information content (AvgIpc) is 2.93. The number of aromatic hydroxyl groups is 1. The van der Waals surface area contributed by atoms with Crippen LogP contribution in [0.25, 0.3) is 23.0 Å². The number of halogens is 1. The molecule has 0 radical (unpaired) electrons. The molecule has 2 aromatic heterocycles. The zero-order valence-electron chi connectivity index (χ0n) is 9.49. The molecule has 0 saturated heterocycles. The number of phenols is 1. The number of nitrogens with zero attached hydrogens (tertiary/aromatic N) is 4. The van der Waals surface area contributed by atoms with Crippen LogP contribution in [-0.2, 0) is 0 Å². The third-order valence-electron chi connectivity index (χ3n) is 2.41. The summed E-state index contributed by atoms with van der Waals surface area (Å²) < 4.78 is 5.92. The predicted octanol–water partition coefficient (Wildman–Crippen LogP) is 2.50. The molecule has 1 aromatic carbocycles. The number of phenolic OH excluding ortho intramolecular Hbond substituents is 1. The van der Waals surface area contributed by atoms with Crippen molar-refractivity contribution in [1.29, 1.82) is 0 Å². The van der Waals surface area contributed by atoms with Gasteiger partial charge in [-0.05, 0) is 40.8 Å². The van der Waals surface area contributed by atoms with E-state index < -0.39 is 0 Å². The highest BCUT2D eigenvalue weighted by atomic mass is 127. The van der Waals surface area contributed by atoms with Crippen LogP contribution in [0.15, 0.2) is 41.3 Å². The molecule has 3 rings (SSSR count). The van der Waals surface area contributed by atoms with E-state index in [2.05, 4.69) is 20.1 Å². The van der Waals surface area contributed by atoms with Gasteiger partial charge in [-0.25, -0.2) is 4.98 Å². The first-order chi connectivity index (χ1) is 9.24. The monoisotopic (exact) mass is 366 g/mol. The maximum absolute atomic E-state index is 9.67. The third kappa shape index (κ3) is 2.41. The Morgan fingerprint density at radius 3 is 2.84 bits per heavy atom. The van der Waals surface area contributed by atoms with Crippen molar-refractivity contribution >= 4 is 22.6 Å². The zero-order chi connectivity index (χ0) is 13.2. The van der Waals surface area contributed by atoms with Crippen molar-refractivity contribution < 1.29 is 9.63 Å². The molecule has 0 aliphatic rings. The predicted molar refractivity (Wildman–Crippen MR) is 75.1 cm³/mol. The quantitative estimate of drug-likeness (QED) is 0.702. The van der Waals surface area contributed by atoms with Gasteiger partial charge < -0.3 is 9.63 Å². The molecule has 7 heteroatoms. The number of aromatic nitrogens is 4. The Morgan fingerprint density at radius 1 is 1.21 bits per heavy atom. The van der Waals surface area contributed by atoms with Crippen molar-refractivity contribution in [2.24, 2.45) is 0 Å². The topological polar surface area (TPSA) is 84.9 Å². The Kier molecular flexibility index (Phi) is 3.11. The van der Waals surface area contributed by atoms with Crippen LogP contribution in [-0.4, -0.2) is 25.2 Å². The lowest BCUT2D eigenvalue weighted by molar-refractivity contribution is 0.431. The molecule has 0 aliphatic heterocycles. The average molecular weight is 366 g/mol. The van der Waals surface area contributed by atoms with Crippen molar-refractivity contribution in [2.45, 2.75) is 0 Å². The summed E-state index contributed by atoms with van der Waals surface area (Å²) in [6.07, 6.45) is 4.68. The highest BCUT2D eigenvalue weighted by molar-refractivity contribution is 14.1. The Balaban J connectivity index is 1.99. The number of rotatable bonds is 2. The Bertz CT molecular complexity index is 715. The molecule has 0 bridgehead atoms. The summed E-state index contributed by atoms with van der Waals surface area (Å²) in [6, 6.07) is 5.16. The smallest absolute Gasteiger partial charge is 0.258 e. The van der Waals surface area contributed by atoms with Crippen LogP contribution in [0.2, 0.25) is 0 Å². The van der Waals surface area contributed by atoms with Crippen LogP contribution in [0, 0.1) is 3.57 Å². The first-order valence-corrected chi connectivity index (χ1v) is 6.41. The Morgan fingerprint density at radius 2 is 2.11 bits per heavy atom. The highest BCUT2D eigenvalue weighted by Gasteiger charge is 2.12. The van der Waals surface area contributed by atoms with Gasteiger partial charge >= 0.3 is 0 Å². The Labute approximate surface area is 121 Å². The summed E-state index contributed by atoms with van der Waals surface area (Å²) >= 11 is 2.04. The van der Waals surface area contributed by atoms with Gasteiger partial charge in [-0.1, -0.05) is 5.16 Å². The minimum Gasteiger partial charge on any atom is -0.507 e. The van der Waals surface area contributed by atoms with Gasteiger partial charge in [0.15, 0.2) is 0 Å². The second-order valence-electron chi connectivity index (χ2n) is 3.68. The molecule has 0 unspecified atom stereocenters. The fraction of sp³-hybridized carbons (Fsp3) is 0. The maximum Gasteiger partial charge on any atom is 0.258 e. The second-order valence-corrected chi connectivity index (χ2v) is 4.84. The minimum atomic E-state index is 0.178. The molecule has 2 heterocycles. The van der Waals surface area contributed by atoms with E-state index >= 15 is 0 Å². The van der Waals surface area contributed by atoms with Crippen molar-refractivity contribution in [3.8, 4) is 28.7 Å². The zero-order valence-corrected chi connectivity index (χ0v) is 11.6. The first-order valence-electron chi connectivity index (χ1n) is 5.33. The van der Waals surface area contributed by atoms with Gasteiger partial charge in [0.2, 0.25) is 5.82 Å².